The molecule has 72 valence electrons. The average molecular weight is 206 g/mol. The van der Waals surface area contributed by atoms with Crippen LogP contribution in [0, 0.1) is 0 Å². The maximum atomic E-state index is 4.23. The summed E-state index contributed by atoms with van der Waals surface area (Å²) in [6, 6.07) is 5.76. The summed E-state index contributed by atoms with van der Waals surface area (Å²) in [7, 11) is 0. The van der Waals surface area contributed by atoms with Crippen molar-refractivity contribution >= 4 is 17.5 Å². The van der Waals surface area contributed by atoms with Gasteiger partial charge in [0.15, 0.2) is 5.82 Å². The van der Waals surface area contributed by atoms with Gasteiger partial charge in [-0.1, -0.05) is 6.07 Å². The number of hydrogen-bond donors (Lipinski definition) is 1. The van der Waals surface area contributed by atoms with Gasteiger partial charge in [-0.05, 0) is 19.1 Å². The van der Waals surface area contributed by atoms with E-state index in [1.165, 1.54) is 11.7 Å². The summed E-state index contributed by atoms with van der Waals surface area (Å²) in [6.45, 7) is 2.87. The standard InChI is InChI=1S/C9H10N4S/c1-2-10-9-8(12-14-13-9)7-5-3-4-6-11-7/h3-6H,2H2,1H3,(H,10,13). The molecule has 2 heterocycles. The van der Waals surface area contributed by atoms with Gasteiger partial charge < -0.3 is 5.32 Å². The molecule has 0 amide bonds. The predicted octanol–water partition coefficient (Wildman–Crippen LogP) is 2.03. The van der Waals surface area contributed by atoms with Crippen molar-refractivity contribution in [2.45, 2.75) is 6.92 Å². The van der Waals surface area contributed by atoms with E-state index in [1.54, 1.807) is 6.20 Å². The second kappa shape index (κ2) is 4.15. The molecule has 0 saturated carbocycles. The first-order chi connectivity index (χ1) is 6.92. The van der Waals surface area contributed by atoms with Crippen molar-refractivity contribution in [3.8, 4) is 11.4 Å². The number of hydrogen-bond acceptors (Lipinski definition) is 5. The minimum atomic E-state index is 0.816. The lowest BCUT2D eigenvalue weighted by atomic mass is 10.3. The number of nitrogens with zero attached hydrogens (tertiary/aromatic N) is 3. The Morgan fingerprint density at radius 3 is 3.00 bits per heavy atom. The quantitative estimate of drug-likeness (QED) is 0.834. The second-order valence-corrected chi connectivity index (χ2v) is 3.24. The van der Waals surface area contributed by atoms with Crippen molar-refractivity contribution in [3.63, 3.8) is 0 Å². The van der Waals surface area contributed by atoms with Crippen molar-refractivity contribution in [2.75, 3.05) is 11.9 Å². The van der Waals surface area contributed by atoms with Gasteiger partial charge in [-0.15, -0.1) is 0 Å². The van der Waals surface area contributed by atoms with Gasteiger partial charge in [0.1, 0.15) is 5.69 Å². The van der Waals surface area contributed by atoms with Crippen molar-refractivity contribution in [3.05, 3.63) is 24.4 Å². The summed E-state index contributed by atoms with van der Waals surface area (Å²) in [6.07, 6.45) is 1.75. The van der Waals surface area contributed by atoms with Crippen LogP contribution in [-0.4, -0.2) is 20.3 Å². The molecule has 14 heavy (non-hydrogen) atoms. The SMILES string of the molecule is CCNc1nsnc1-c1ccccn1. The summed E-state index contributed by atoms with van der Waals surface area (Å²) in [5.41, 5.74) is 1.69. The zero-order chi connectivity index (χ0) is 9.80. The highest BCUT2D eigenvalue weighted by Gasteiger charge is 2.09. The summed E-state index contributed by atoms with van der Waals surface area (Å²) < 4.78 is 8.37. The van der Waals surface area contributed by atoms with E-state index >= 15 is 0 Å². The van der Waals surface area contributed by atoms with E-state index < -0.39 is 0 Å². The molecule has 2 aromatic heterocycles. The summed E-state index contributed by atoms with van der Waals surface area (Å²) >= 11 is 1.20. The summed E-state index contributed by atoms with van der Waals surface area (Å²) in [5.74, 6) is 0.816. The molecule has 0 aliphatic carbocycles. The summed E-state index contributed by atoms with van der Waals surface area (Å²) in [4.78, 5) is 4.23. The van der Waals surface area contributed by atoms with Crippen molar-refractivity contribution in [1.29, 1.82) is 0 Å². The lowest BCUT2D eigenvalue weighted by Gasteiger charge is -2.00. The van der Waals surface area contributed by atoms with Gasteiger partial charge in [0.25, 0.3) is 0 Å². The van der Waals surface area contributed by atoms with Crippen LogP contribution >= 0.6 is 11.7 Å². The van der Waals surface area contributed by atoms with Crippen LogP contribution in [0.25, 0.3) is 11.4 Å². The Balaban J connectivity index is 2.37. The van der Waals surface area contributed by atoms with Gasteiger partial charge >= 0.3 is 0 Å². The molecule has 2 aromatic rings. The molecule has 0 unspecified atom stereocenters. The Kier molecular flexibility index (Phi) is 2.69. The third-order valence-electron chi connectivity index (χ3n) is 1.74. The monoisotopic (exact) mass is 206 g/mol. The predicted molar refractivity (Wildman–Crippen MR) is 57.3 cm³/mol. The maximum Gasteiger partial charge on any atom is 0.169 e. The first kappa shape index (κ1) is 9.08. The Bertz CT molecular complexity index is 398. The third-order valence-corrected chi connectivity index (χ3v) is 2.27. The molecule has 0 aliphatic rings. The van der Waals surface area contributed by atoms with Crippen LogP contribution in [0.3, 0.4) is 0 Å². The Hall–Kier alpha value is -1.49. The summed E-state index contributed by atoms with van der Waals surface area (Å²) in [5, 5.41) is 3.15. The lowest BCUT2D eigenvalue weighted by molar-refractivity contribution is 1.18. The van der Waals surface area contributed by atoms with Gasteiger partial charge in [-0.25, -0.2) is 0 Å². The number of aromatic nitrogens is 3. The molecule has 0 aromatic carbocycles. The fourth-order valence-corrected chi connectivity index (χ4v) is 1.68. The van der Waals surface area contributed by atoms with Crippen LogP contribution in [-0.2, 0) is 0 Å². The number of anilines is 1. The Labute approximate surface area is 86.3 Å². The fraction of sp³-hybridized carbons (Fsp3) is 0.222. The largest absolute Gasteiger partial charge is 0.368 e. The topological polar surface area (TPSA) is 50.7 Å². The van der Waals surface area contributed by atoms with E-state index in [0.717, 1.165) is 23.8 Å². The molecule has 0 saturated heterocycles. The van der Waals surface area contributed by atoms with E-state index in [0.29, 0.717) is 0 Å². The molecule has 1 N–H and O–H groups in total. The molecule has 5 heteroatoms. The maximum absolute atomic E-state index is 4.23. The van der Waals surface area contributed by atoms with Crippen LogP contribution in [0.15, 0.2) is 24.4 Å². The molecule has 0 radical (unpaired) electrons. The van der Waals surface area contributed by atoms with Crippen LogP contribution < -0.4 is 5.32 Å². The minimum Gasteiger partial charge on any atom is -0.368 e. The molecule has 0 bridgehead atoms. The van der Waals surface area contributed by atoms with Gasteiger partial charge in [0.05, 0.1) is 17.4 Å². The molecule has 0 atom stereocenters. The lowest BCUT2D eigenvalue weighted by Crippen LogP contribution is -1.98. The van der Waals surface area contributed by atoms with Crippen molar-refractivity contribution in [1.82, 2.24) is 13.7 Å². The fourth-order valence-electron chi connectivity index (χ4n) is 1.14. The van der Waals surface area contributed by atoms with Crippen LogP contribution in [0.4, 0.5) is 5.82 Å². The van der Waals surface area contributed by atoms with Crippen molar-refractivity contribution in [2.24, 2.45) is 0 Å². The Morgan fingerprint density at radius 1 is 1.36 bits per heavy atom. The molecule has 4 nitrogen and oxygen atoms in total. The van der Waals surface area contributed by atoms with E-state index in [2.05, 4.69) is 19.0 Å². The molecular formula is C9H10N4S. The number of pyridine rings is 1. The second-order valence-electron chi connectivity index (χ2n) is 2.71. The van der Waals surface area contributed by atoms with Crippen molar-refractivity contribution < 1.29 is 0 Å². The van der Waals surface area contributed by atoms with Gasteiger partial charge in [0, 0.05) is 12.7 Å². The van der Waals surface area contributed by atoms with Gasteiger partial charge in [-0.2, -0.15) is 8.75 Å². The van der Waals surface area contributed by atoms with Crippen LogP contribution in [0.1, 0.15) is 6.92 Å². The van der Waals surface area contributed by atoms with E-state index in [-0.39, 0.29) is 0 Å². The van der Waals surface area contributed by atoms with Gasteiger partial charge in [-0.3, -0.25) is 4.98 Å². The number of rotatable bonds is 3. The van der Waals surface area contributed by atoms with Gasteiger partial charge in [0.2, 0.25) is 0 Å². The molecule has 2 rings (SSSR count). The first-order valence-corrected chi connectivity index (χ1v) is 5.12. The third kappa shape index (κ3) is 1.72. The highest BCUT2D eigenvalue weighted by molar-refractivity contribution is 6.99. The smallest absolute Gasteiger partial charge is 0.169 e. The minimum absolute atomic E-state index is 0.816. The van der Waals surface area contributed by atoms with Crippen LogP contribution in [0.5, 0.6) is 0 Å². The molecule has 0 aliphatic heterocycles. The number of nitrogens with one attached hydrogen (secondary N) is 1. The molecule has 0 fully saturated rings. The zero-order valence-electron chi connectivity index (χ0n) is 7.77. The van der Waals surface area contributed by atoms with E-state index in [9.17, 15) is 0 Å². The average Bonchev–Trinajstić information content (AvgIpc) is 2.68. The van der Waals surface area contributed by atoms with E-state index in [1.807, 2.05) is 25.1 Å². The molecule has 0 spiro atoms. The van der Waals surface area contributed by atoms with Crippen LogP contribution in [0.2, 0.25) is 0 Å². The zero-order valence-corrected chi connectivity index (χ0v) is 8.58. The highest BCUT2D eigenvalue weighted by Crippen LogP contribution is 2.23. The first-order valence-electron chi connectivity index (χ1n) is 4.39. The Morgan fingerprint density at radius 2 is 2.29 bits per heavy atom. The molecular weight excluding hydrogens is 196 g/mol. The highest BCUT2D eigenvalue weighted by atomic mass is 32.1. The van der Waals surface area contributed by atoms with E-state index in [4.69, 9.17) is 0 Å². The normalized spacial score (nSPS) is 10.1.